The topological polar surface area (TPSA) is 70.4 Å². The van der Waals surface area contributed by atoms with Crippen LogP contribution in [0.5, 0.6) is 0 Å². The first-order valence-corrected chi connectivity index (χ1v) is 8.52. The van der Waals surface area contributed by atoms with Gasteiger partial charge in [0.15, 0.2) is 9.84 Å². The van der Waals surface area contributed by atoms with E-state index in [9.17, 15) is 8.42 Å². The third kappa shape index (κ3) is 5.46. The predicted octanol–water partition coefficient (Wildman–Crippen LogP) is 1.69. The van der Waals surface area contributed by atoms with Crippen LogP contribution in [0.3, 0.4) is 0 Å². The molecule has 0 saturated heterocycles. The van der Waals surface area contributed by atoms with E-state index >= 15 is 0 Å². The Hall–Kier alpha value is -1.42. The maximum Gasteiger partial charge on any atom is 0.179 e. The SMILES string of the molecule is COCCN(CCS(=O)(=O)c1ccc(C#N)cc1)C(C)C. The molecule has 0 saturated carbocycles. The van der Waals surface area contributed by atoms with Crippen molar-refractivity contribution in [3.63, 3.8) is 0 Å². The quantitative estimate of drug-likeness (QED) is 0.731. The molecule has 0 N–H and O–H groups in total. The second-order valence-corrected chi connectivity index (χ2v) is 7.19. The van der Waals surface area contributed by atoms with Gasteiger partial charge in [-0.3, -0.25) is 4.90 Å². The van der Waals surface area contributed by atoms with Crippen LogP contribution in [0.1, 0.15) is 19.4 Å². The van der Waals surface area contributed by atoms with Gasteiger partial charge in [-0.2, -0.15) is 5.26 Å². The monoisotopic (exact) mass is 310 g/mol. The predicted molar refractivity (Wildman–Crippen MR) is 81.8 cm³/mol. The highest BCUT2D eigenvalue weighted by Crippen LogP contribution is 2.13. The van der Waals surface area contributed by atoms with Gasteiger partial charge in [-0.15, -0.1) is 0 Å². The fourth-order valence-corrected chi connectivity index (χ4v) is 3.19. The van der Waals surface area contributed by atoms with E-state index in [1.54, 1.807) is 7.11 Å². The van der Waals surface area contributed by atoms with Crippen LogP contribution in [0.15, 0.2) is 29.2 Å². The minimum Gasteiger partial charge on any atom is -0.383 e. The average Bonchev–Trinajstić information content (AvgIpc) is 2.47. The molecule has 116 valence electrons. The van der Waals surface area contributed by atoms with Gasteiger partial charge < -0.3 is 4.74 Å². The Balaban J connectivity index is 2.72. The van der Waals surface area contributed by atoms with Gasteiger partial charge in [-0.05, 0) is 38.1 Å². The number of benzene rings is 1. The molecule has 0 unspecified atom stereocenters. The van der Waals surface area contributed by atoms with Gasteiger partial charge in [0, 0.05) is 26.2 Å². The van der Waals surface area contributed by atoms with Crippen molar-refractivity contribution in [3.8, 4) is 6.07 Å². The van der Waals surface area contributed by atoms with E-state index in [1.165, 1.54) is 24.3 Å². The first kappa shape index (κ1) is 17.6. The van der Waals surface area contributed by atoms with Gasteiger partial charge in [-0.1, -0.05) is 0 Å². The van der Waals surface area contributed by atoms with Crippen molar-refractivity contribution in [1.82, 2.24) is 4.90 Å². The van der Waals surface area contributed by atoms with Crippen molar-refractivity contribution >= 4 is 9.84 Å². The Morgan fingerprint density at radius 3 is 2.33 bits per heavy atom. The van der Waals surface area contributed by atoms with Crippen LogP contribution in [0.4, 0.5) is 0 Å². The molecule has 21 heavy (non-hydrogen) atoms. The molecule has 0 aliphatic carbocycles. The average molecular weight is 310 g/mol. The Morgan fingerprint density at radius 2 is 1.86 bits per heavy atom. The first-order valence-electron chi connectivity index (χ1n) is 6.86. The van der Waals surface area contributed by atoms with Crippen LogP contribution in [0, 0.1) is 11.3 Å². The summed E-state index contributed by atoms with van der Waals surface area (Å²) in [5, 5.41) is 8.73. The van der Waals surface area contributed by atoms with E-state index < -0.39 is 9.84 Å². The maximum atomic E-state index is 12.3. The highest BCUT2D eigenvalue weighted by atomic mass is 32.2. The van der Waals surface area contributed by atoms with Crippen molar-refractivity contribution in [1.29, 1.82) is 5.26 Å². The molecule has 0 fully saturated rings. The number of nitrogens with zero attached hydrogens (tertiary/aromatic N) is 2. The van der Waals surface area contributed by atoms with Gasteiger partial charge >= 0.3 is 0 Å². The van der Waals surface area contributed by atoms with Crippen molar-refractivity contribution in [2.24, 2.45) is 0 Å². The van der Waals surface area contributed by atoms with Crippen LogP contribution < -0.4 is 0 Å². The largest absolute Gasteiger partial charge is 0.383 e. The molecule has 1 aromatic carbocycles. The smallest absolute Gasteiger partial charge is 0.179 e. The molecule has 0 heterocycles. The van der Waals surface area contributed by atoms with Gasteiger partial charge in [0.05, 0.1) is 28.9 Å². The maximum absolute atomic E-state index is 12.3. The highest BCUT2D eigenvalue weighted by Gasteiger charge is 2.18. The van der Waals surface area contributed by atoms with Crippen molar-refractivity contribution in [3.05, 3.63) is 29.8 Å². The van der Waals surface area contributed by atoms with E-state index in [-0.39, 0.29) is 16.7 Å². The standard InChI is InChI=1S/C15H22N2O3S/c1-13(2)17(8-10-20-3)9-11-21(18,19)15-6-4-14(12-16)5-7-15/h4-7,13H,8-11H2,1-3H3. The van der Waals surface area contributed by atoms with E-state index in [1.807, 2.05) is 19.9 Å². The molecule has 6 heteroatoms. The summed E-state index contributed by atoms with van der Waals surface area (Å²) in [6.45, 7) is 5.81. The van der Waals surface area contributed by atoms with Crippen molar-refractivity contribution in [2.45, 2.75) is 24.8 Å². The molecular formula is C15H22N2O3S. The number of sulfone groups is 1. The third-order valence-electron chi connectivity index (χ3n) is 3.30. The molecule has 0 aliphatic rings. The molecular weight excluding hydrogens is 288 g/mol. The summed E-state index contributed by atoms with van der Waals surface area (Å²) in [7, 11) is -1.70. The Morgan fingerprint density at radius 1 is 1.24 bits per heavy atom. The van der Waals surface area contributed by atoms with Crippen LogP contribution >= 0.6 is 0 Å². The van der Waals surface area contributed by atoms with Crippen molar-refractivity contribution in [2.75, 3.05) is 32.6 Å². The minimum absolute atomic E-state index is 0.0563. The summed E-state index contributed by atoms with van der Waals surface area (Å²) in [5.74, 6) is 0.0563. The Labute approximate surface area is 127 Å². The highest BCUT2D eigenvalue weighted by molar-refractivity contribution is 7.91. The fraction of sp³-hybridized carbons (Fsp3) is 0.533. The number of hydrogen-bond acceptors (Lipinski definition) is 5. The zero-order valence-electron chi connectivity index (χ0n) is 12.7. The van der Waals surface area contributed by atoms with E-state index in [2.05, 4.69) is 4.90 Å². The number of nitriles is 1. The van der Waals surface area contributed by atoms with E-state index in [4.69, 9.17) is 10.00 Å². The third-order valence-corrected chi connectivity index (χ3v) is 5.01. The molecule has 0 aromatic heterocycles. The molecule has 0 radical (unpaired) electrons. The summed E-state index contributed by atoms with van der Waals surface area (Å²) in [5.41, 5.74) is 0.456. The zero-order chi connectivity index (χ0) is 15.9. The second-order valence-electron chi connectivity index (χ2n) is 5.08. The summed E-state index contributed by atoms with van der Waals surface area (Å²) < 4.78 is 29.6. The lowest BCUT2D eigenvalue weighted by Crippen LogP contribution is -2.37. The molecule has 0 amide bonds. The minimum atomic E-state index is -3.33. The molecule has 0 atom stereocenters. The lowest BCUT2D eigenvalue weighted by Gasteiger charge is -2.25. The second kappa shape index (κ2) is 8.13. The van der Waals surface area contributed by atoms with Gasteiger partial charge in [0.25, 0.3) is 0 Å². The fourth-order valence-electron chi connectivity index (χ4n) is 1.93. The molecule has 0 spiro atoms. The van der Waals surface area contributed by atoms with Crippen LogP contribution in [-0.2, 0) is 14.6 Å². The normalized spacial score (nSPS) is 11.8. The summed E-state index contributed by atoms with van der Waals surface area (Å²) >= 11 is 0. The van der Waals surface area contributed by atoms with Crippen molar-refractivity contribution < 1.29 is 13.2 Å². The summed E-state index contributed by atoms with van der Waals surface area (Å²) in [4.78, 5) is 2.34. The van der Waals surface area contributed by atoms with E-state index in [0.29, 0.717) is 25.3 Å². The molecule has 1 aromatic rings. The van der Waals surface area contributed by atoms with Gasteiger partial charge in [-0.25, -0.2) is 8.42 Å². The number of methoxy groups -OCH3 is 1. The zero-order valence-corrected chi connectivity index (χ0v) is 13.6. The van der Waals surface area contributed by atoms with Crippen LogP contribution in [0.25, 0.3) is 0 Å². The first-order chi connectivity index (χ1) is 9.90. The lowest BCUT2D eigenvalue weighted by atomic mass is 10.2. The number of ether oxygens (including phenoxy) is 1. The van der Waals surface area contributed by atoms with Gasteiger partial charge in [0.2, 0.25) is 0 Å². The van der Waals surface area contributed by atoms with Crippen LogP contribution in [0.2, 0.25) is 0 Å². The molecule has 5 nitrogen and oxygen atoms in total. The molecule has 1 rings (SSSR count). The number of rotatable bonds is 8. The lowest BCUT2D eigenvalue weighted by molar-refractivity contribution is 0.134. The number of hydrogen-bond donors (Lipinski definition) is 0. The van der Waals surface area contributed by atoms with Crippen LogP contribution in [-0.4, -0.2) is 51.9 Å². The summed E-state index contributed by atoms with van der Waals surface area (Å²) in [6, 6.07) is 8.27. The molecule has 0 bridgehead atoms. The molecule has 0 aliphatic heterocycles. The van der Waals surface area contributed by atoms with Gasteiger partial charge in [0.1, 0.15) is 0 Å². The Kier molecular flexibility index (Phi) is 6.82. The van der Waals surface area contributed by atoms with E-state index in [0.717, 1.165) is 0 Å². The summed E-state index contributed by atoms with van der Waals surface area (Å²) in [6.07, 6.45) is 0. The Bertz CT molecular complexity index is 574.